The number of rotatable bonds is 4. The minimum absolute atomic E-state index is 0.0429. The van der Waals surface area contributed by atoms with Crippen LogP contribution in [0.4, 0.5) is 0 Å². The Morgan fingerprint density at radius 3 is 2.86 bits per heavy atom. The van der Waals surface area contributed by atoms with E-state index in [0.717, 1.165) is 5.01 Å². The molecule has 0 unspecified atom stereocenters. The number of sulfonamides is 1. The third-order valence-electron chi connectivity index (χ3n) is 3.18. The quantitative estimate of drug-likeness (QED) is 0.775. The molecule has 0 bridgehead atoms. The van der Waals surface area contributed by atoms with Gasteiger partial charge >= 0.3 is 5.76 Å². The molecule has 1 aromatic carbocycles. The van der Waals surface area contributed by atoms with Crippen LogP contribution in [0.25, 0.3) is 11.1 Å². The van der Waals surface area contributed by atoms with Crippen molar-refractivity contribution in [1.29, 1.82) is 0 Å². The van der Waals surface area contributed by atoms with Crippen molar-refractivity contribution in [2.24, 2.45) is 7.05 Å². The summed E-state index contributed by atoms with van der Waals surface area (Å²) in [5.74, 6) is -0.532. The van der Waals surface area contributed by atoms with Gasteiger partial charge < -0.3 is 4.42 Å². The molecule has 3 aromatic rings. The summed E-state index contributed by atoms with van der Waals surface area (Å²) < 4.78 is 33.4. The van der Waals surface area contributed by atoms with Gasteiger partial charge in [0.1, 0.15) is 0 Å². The molecule has 0 aliphatic carbocycles. The molecule has 2 aromatic heterocycles. The van der Waals surface area contributed by atoms with Gasteiger partial charge in [0.15, 0.2) is 5.58 Å². The Bertz CT molecular complexity index is 998. The van der Waals surface area contributed by atoms with Crippen molar-refractivity contribution >= 4 is 32.5 Å². The molecule has 1 N–H and O–H groups in total. The summed E-state index contributed by atoms with van der Waals surface area (Å²) in [5, 5.41) is 2.68. The van der Waals surface area contributed by atoms with Crippen LogP contribution in [0, 0.1) is 6.92 Å². The van der Waals surface area contributed by atoms with E-state index in [4.69, 9.17) is 4.42 Å². The van der Waals surface area contributed by atoms with E-state index in [2.05, 4.69) is 9.71 Å². The van der Waals surface area contributed by atoms with Crippen molar-refractivity contribution in [3.8, 4) is 0 Å². The fraction of sp³-hybridized carbons (Fsp3) is 0.231. The van der Waals surface area contributed by atoms with E-state index in [1.165, 1.54) is 28.0 Å². The van der Waals surface area contributed by atoms with Gasteiger partial charge in [-0.1, -0.05) is 0 Å². The highest BCUT2D eigenvalue weighted by Crippen LogP contribution is 2.18. The summed E-state index contributed by atoms with van der Waals surface area (Å²) in [6.07, 6.45) is 0. The Hall–Kier alpha value is -1.97. The number of oxazole rings is 1. The maximum absolute atomic E-state index is 12.3. The summed E-state index contributed by atoms with van der Waals surface area (Å²) in [5.41, 5.74) is 1.44. The van der Waals surface area contributed by atoms with Gasteiger partial charge in [-0.3, -0.25) is 4.57 Å². The van der Waals surface area contributed by atoms with Gasteiger partial charge in [0.2, 0.25) is 10.0 Å². The molecule has 0 saturated carbocycles. The van der Waals surface area contributed by atoms with Crippen LogP contribution in [0.1, 0.15) is 10.7 Å². The lowest BCUT2D eigenvalue weighted by Crippen LogP contribution is -2.23. The summed E-state index contributed by atoms with van der Waals surface area (Å²) in [7, 11) is -2.14. The van der Waals surface area contributed by atoms with Crippen molar-refractivity contribution in [3.05, 3.63) is 44.8 Å². The van der Waals surface area contributed by atoms with E-state index in [-0.39, 0.29) is 17.0 Å². The smallest absolute Gasteiger partial charge is 0.408 e. The van der Waals surface area contributed by atoms with Crippen molar-refractivity contribution in [3.63, 3.8) is 0 Å². The SMILES string of the molecule is Cc1nc(CNS(=O)(=O)c2ccc3c(c2)oc(=O)n3C)cs1. The van der Waals surface area contributed by atoms with Gasteiger partial charge in [0.25, 0.3) is 0 Å². The fourth-order valence-electron chi connectivity index (χ4n) is 2.02. The molecule has 2 heterocycles. The molecule has 0 fully saturated rings. The van der Waals surface area contributed by atoms with E-state index in [0.29, 0.717) is 11.2 Å². The summed E-state index contributed by atoms with van der Waals surface area (Å²) in [6, 6.07) is 4.32. The van der Waals surface area contributed by atoms with Crippen molar-refractivity contribution in [2.75, 3.05) is 0 Å². The average Bonchev–Trinajstić information content (AvgIpc) is 3.01. The average molecular weight is 339 g/mol. The molecule has 0 aliphatic rings. The predicted octanol–water partition coefficient (Wildman–Crippen LogP) is 1.37. The Kier molecular flexibility index (Phi) is 3.63. The second kappa shape index (κ2) is 5.34. The van der Waals surface area contributed by atoms with Crippen LogP contribution in [0.5, 0.6) is 0 Å². The maximum atomic E-state index is 12.3. The Balaban J connectivity index is 1.89. The monoisotopic (exact) mass is 339 g/mol. The van der Waals surface area contributed by atoms with Gasteiger partial charge in [-0.15, -0.1) is 11.3 Å². The van der Waals surface area contributed by atoms with Crippen molar-refractivity contribution < 1.29 is 12.8 Å². The zero-order valence-corrected chi connectivity index (χ0v) is 13.5. The molecular formula is C13H13N3O4S2. The first-order valence-corrected chi connectivity index (χ1v) is 8.73. The number of nitrogens with one attached hydrogen (secondary N) is 1. The molecule has 9 heteroatoms. The normalized spacial score (nSPS) is 12.1. The van der Waals surface area contributed by atoms with Gasteiger partial charge in [0, 0.05) is 18.5 Å². The van der Waals surface area contributed by atoms with Crippen molar-refractivity contribution in [1.82, 2.24) is 14.3 Å². The number of benzene rings is 1. The number of hydrogen-bond donors (Lipinski definition) is 1. The molecule has 3 rings (SSSR count). The lowest BCUT2D eigenvalue weighted by molar-refractivity contribution is 0.527. The van der Waals surface area contributed by atoms with Gasteiger partial charge in [-0.25, -0.2) is 22.9 Å². The topological polar surface area (TPSA) is 94.2 Å². The van der Waals surface area contributed by atoms with Crippen LogP contribution in [0.3, 0.4) is 0 Å². The number of aromatic nitrogens is 2. The minimum Gasteiger partial charge on any atom is -0.408 e. The number of nitrogens with zero attached hydrogens (tertiary/aromatic N) is 2. The molecule has 0 spiro atoms. The van der Waals surface area contributed by atoms with E-state index in [1.54, 1.807) is 18.5 Å². The summed E-state index contributed by atoms with van der Waals surface area (Å²) in [4.78, 5) is 15.7. The third-order valence-corrected chi connectivity index (χ3v) is 5.41. The summed E-state index contributed by atoms with van der Waals surface area (Å²) in [6.45, 7) is 1.97. The Labute approximate surface area is 130 Å². The number of thiazole rings is 1. The molecule has 116 valence electrons. The van der Waals surface area contributed by atoms with Gasteiger partial charge in [-0.05, 0) is 19.1 Å². The van der Waals surface area contributed by atoms with Crippen molar-refractivity contribution in [2.45, 2.75) is 18.4 Å². The molecular weight excluding hydrogens is 326 g/mol. The van der Waals surface area contributed by atoms with E-state index in [1.807, 2.05) is 6.92 Å². The second-order valence-electron chi connectivity index (χ2n) is 4.74. The van der Waals surface area contributed by atoms with Gasteiger partial charge in [-0.2, -0.15) is 0 Å². The Morgan fingerprint density at radius 2 is 2.18 bits per heavy atom. The molecule has 0 atom stereocenters. The first-order valence-electron chi connectivity index (χ1n) is 6.37. The van der Waals surface area contributed by atoms with Gasteiger partial charge in [0.05, 0.1) is 27.7 Å². The lowest BCUT2D eigenvalue weighted by atomic mass is 10.3. The lowest BCUT2D eigenvalue weighted by Gasteiger charge is -2.05. The van der Waals surface area contributed by atoms with Crippen LogP contribution >= 0.6 is 11.3 Å². The van der Waals surface area contributed by atoms with Crippen LogP contribution < -0.4 is 10.5 Å². The van der Waals surface area contributed by atoms with Crippen LogP contribution in [-0.4, -0.2) is 18.0 Å². The Morgan fingerprint density at radius 1 is 1.41 bits per heavy atom. The highest BCUT2D eigenvalue weighted by atomic mass is 32.2. The van der Waals surface area contributed by atoms with E-state index >= 15 is 0 Å². The highest BCUT2D eigenvalue weighted by molar-refractivity contribution is 7.89. The third kappa shape index (κ3) is 2.70. The van der Waals surface area contributed by atoms with Crippen LogP contribution in [0.2, 0.25) is 0 Å². The standard InChI is InChI=1S/C13H13N3O4S2/c1-8-15-9(7-21-8)6-14-22(18,19)10-3-4-11-12(5-10)20-13(17)16(11)2/h3-5,7,14H,6H2,1-2H3. The highest BCUT2D eigenvalue weighted by Gasteiger charge is 2.17. The number of hydrogen-bond acceptors (Lipinski definition) is 6. The molecule has 22 heavy (non-hydrogen) atoms. The molecule has 0 saturated heterocycles. The molecule has 0 amide bonds. The second-order valence-corrected chi connectivity index (χ2v) is 7.57. The number of fused-ring (bicyclic) bond motifs is 1. The largest absolute Gasteiger partial charge is 0.419 e. The minimum atomic E-state index is -3.70. The van der Waals surface area contributed by atoms with Crippen LogP contribution in [-0.2, 0) is 23.6 Å². The van der Waals surface area contributed by atoms with E-state index < -0.39 is 15.8 Å². The zero-order chi connectivity index (χ0) is 15.9. The number of aryl methyl sites for hydroxylation is 2. The predicted molar refractivity (Wildman–Crippen MR) is 82.3 cm³/mol. The zero-order valence-electron chi connectivity index (χ0n) is 11.9. The molecule has 0 aliphatic heterocycles. The van der Waals surface area contributed by atoms with E-state index in [9.17, 15) is 13.2 Å². The molecule has 7 nitrogen and oxygen atoms in total. The summed E-state index contributed by atoms with van der Waals surface area (Å²) >= 11 is 1.46. The fourth-order valence-corrected chi connectivity index (χ4v) is 3.65. The molecule has 0 radical (unpaired) electrons. The maximum Gasteiger partial charge on any atom is 0.419 e. The van der Waals surface area contributed by atoms with Crippen LogP contribution in [0.15, 0.2) is 37.7 Å². The first-order chi connectivity index (χ1) is 10.4. The first kappa shape index (κ1) is 14.9.